The summed E-state index contributed by atoms with van der Waals surface area (Å²) in [5, 5.41) is 0. The monoisotopic (exact) mass is 190 g/mol. The molecule has 2 N–H and O–H groups in total. The van der Waals surface area contributed by atoms with Gasteiger partial charge in [0, 0.05) is 26.3 Å². The summed E-state index contributed by atoms with van der Waals surface area (Å²) in [6.07, 6.45) is 2.11. The van der Waals surface area contributed by atoms with E-state index >= 15 is 0 Å². The van der Waals surface area contributed by atoms with Crippen molar-refractivity contribution in [2.75, 3.05) is 25.5 Å². The maximum Gasteiger partial charge on any atom is 0.0361 e. The van der Waals surface area contributed by atoms with Crippen LogP contribution < -0.4 is 10.6 Å². The van der Waals surface area contributed by atoms with Crippen molar-refractivity contribution in [1.82, 2.24) is 0 Å². The molecule has 0 saturated carbocycles. The predicted octanol–water partition coefficient (Wildman–Crippen LogP) is 2.11. The van der Waals surface area contributed by atoms with E-state index in [9.17, 15) is 0 Å². The van der Waals surface area contributed by atoms with Crippen molar-refractivity contribution in [1.29, 1.82) is 0 Å². The van der Waals surface area contributed by atoms with Crippen molar-refractivity contribution in [3.63, 3.8) is 0 Å². The lowest BCUT2D eigenvalue weighted by Crippen LogP contribution is -2.07. The molecule has 0 radical (unpaired) electrons. The summed E-state index contributed by atoms with van der Waals surface area (Å²) in [6.45, 7) is 2.66. The number of nitrogens with zero attached hydrogens (tertiary/aromatic N) is 1. The molecular formula is C12H18N2. The summed E-state index contributed by atoms with van der Waals surface area (Å²) in [4.78, 5) is 2.09. The fraction of sp³-hybridized carbons (Fsp3) is 0.333. The normalized spacial score (nSPS) is 11.6. The lowest BCUT2D eigenvalue weighted by atomic mass is 10.1. The first-order chi connectivity index (χ1) is 6.63. The average molecular weight is 190 g/mol. The van der Waals surface area contributed by atoms with Gasteiger partial charge in [-0.05, 0) is 24.6 Å². The van der Waals surface area contributed by atoms with Crippen molar-refractivity contribution >= 4 is 11.8 Å². The van der Waals surface area contributed by atoms with Crippen molar-refractivity contribution in [2.45, 2.75) is 6.92 Å². The van der Waals surface area contributed by atoms with Crippen LogP contribution in [0.1, 0.15) is 12.5 Å². The van der Waals surface area contributed by atoms with Crippen LogP contribution in [0.2, 0.25) is 0 Å². The third-order valence-electron chi connectivity index (χ3n) is 2.14. The van der Waals surface area contributed by atoms with Crippen molar-refractivity contribution < 1.29 is 0 Å². The van der Waals surface area contributed by atoms with E-state index in [1.165, 1.54) is 16.8 Å². The smallest absolute Gasteiger partial charge is 0.0361 e. The van der Waals surface area contributed by atoms with E-state index in [0.29, 0.717) is 6.54 Å². The number of hydrogen-bond acceptors (Lipinski definition) is 2. The topological polar surface area (TPSA) is 29.3 Å². The highest BCUT2D eigenvalue weighted by Crippen LogP contribution is 2.14. The molecule has 0 aliphatic heterocycles. The number of hydrogen-bond donors (Lipinski definition) is 1. The molecule has 0 heterocycles. The van der Waals surface area contributed by atoms with E-state index in [4.69, 9.17) is 5.73 Å². The quantitative estimate of drug-likeness (QED) is 0.791. The van der Waals surface area contributed by atoms with Crippen LogP contribution in [0, 0.1) is 0 Å². The van der Waals surface area contributed by atoms with Crippen molar-refractivity contribution in [3.05, 3.63) is 35.4 Å². The SMILES string of the molecule is CC(=Cc1ccc(N(C)C)cc1)CN. The molecule has 1 aromatic rings. The Hall–Kier alpha value is -1.28. The molecule has 0 fully saturated rings. The minimum absolute atomic E-state index is 0.620. The summed E-state index contributed by atoms with van der Waals surface area (Å²) in [6, 6.07) is 8.42. The van der Waals surface area contributed by atoms with Crippen molar-refractivity contribution in [3.8, 4) is 0 Å². The maximum atomic E-state index is 5.52. The van der Waals surface area contributed by atoms with Gasteiger partial charge in [-0.15, -0.1) is 0 Å². The highest BCUT2D eigenvalue weighted by atomic mass is 15.1. The van der Waals surface area contributed by atoms with Crippen LogP contribution in [-0.2, 0) is 0 Å². The predicted molar refractivity (Wildman–Crippen MR) is 63.5 cm³/mol. The Morgan fingerprint density at radius 1 is 1.29 bits per heavy atom. The van der Waals surface area contributed by atoms with Crippen LogP contribution in [-0.4, -0.2) is 20.6 Å². The summed E-state index contributed by atoms with van der Waals surface area (Å²) < 4.78 is 0. The molecular weight excluding hydrogens is 172 g/mol. The van der Waals surface area contributed by atoms with Gasteiger partial charge in [0.1, 0.15) is 0 Å². The van der Waals surface area contributed by atoms with E-state index in [1.54, 1.807) is 0 Å². The molecule has 0 aliphatic rings. The lowest BCUT2D eigenvalue weighted by Gasteiger charge is -2.11. The molecule has 0 aliphatic carbocycles. The van der Waals surface area contributed by atoms with Crippen LogP contribution in [0.15, 0.2) is 29.8 Å². The molecule has 76 valence electrons. The van der Waals surface area contributed by atoms with Gasteiger partial charge < -0.3 is 10.6 Å². The fourth-order valence-electron chi connectivity index (χ4n) is 1.21. The first kappa shape index (κ1) is 10.8. The summed E-state index contributed by atoms with van der Waals surface area (Å²) in [5.41, 5.74) is 9.14. The van der Waals surface area contributed by atoms with Crippen LogP contribution in [0.3, 0.4) is 0 Å². The van der Waals surface area contributed by atoms with E-state index in [1.807, 2.05) is 21.0 Å². The third-order valence-corrected chi connectivity index (χ3v) is 2.14. The van der Waals surface area contributed by atoms with Crippen LogP contribution in [0.25, 0.3) is 6.08 Å². The fourth-order valence-corrected chi connectivity index (χ4v) is 1.21. The molecule has 1 aromatic carbocycles. The highest BCUT2D eigenvalue weighted by Gasteiger charge is 1.94. The Morgan fingerprint density at radius 3 is 2.29 bits per heavy atom. The Bertz CT molecular complexity index is 310. The largest absolute Gasteiger partial charge is 0.378 e. The Kier molecular flexibility index (Phi) is 3.72. The Labute approximate surface area is 86.0 Å². The zero-order chi connectivity index (χ0) is 10.6. The van der Waals surface area contributed by atoms with E-state index in [-0.39, 0.29) is 0 Å². The second-order valence-corrected chi connectivity index (χ2v) is 3.68. The third kappa shape index (κ3) is 2.89. The van der Waals surface area contributed by atoms with Gasteiger partial charge in [0.25, 0.3) is 0 Å². The van der Waals surface area contributed by atoms with Gasteiger partial charge in [-0.2, -0.15) is 0 Å². The van der Waals surface area contributed by atoms with Crippen molar-refractivity contribution in [2.24, 2.45) is 5.73 Å². The van der Waals surface area contributed by atoms with Crippen LogP contribution in [0.4, 0.5) is 5.69 Å². The van der Waals surface area contributed by atoms with Gasteiger partial charge in [0.05, 0.1) is 0 Å². The van der Waals surface area contributed by atoms with Crippen LogP contribution >= 0.6 is 0 Å². The first-order valence-corrected chi connectivity index (χ1v) is 4.78. The molecule has 2 heteroatoms. The molecule has 0 saturated heterocycles. The van der Waals surface area contributed by atoms with Crippen LogP contribution in [0.5, 0.6) is 0 Å². The van der Waals surface area contributed by atoms with Gasteiger partial charge in [-0.25, -0.2) is 0 Å². The Balaban J connectivity index is 2.84. The van der Waals surface area contributed by atoms with E-state index in [2.05, 4.69) is 35.2 Å². The molecule has 0 bridgehead atoms. The molecule has 14 heavy (non-hydrogen) atoms. The Morgan fingerprint density at radius 2 is 1.86 bits per heavy atom. The number of anilines is 1. The van der Waals surface area contributed by atoms with E-state index in [0.717, 1.165) is 0 Å². The van der Waals surface area contributed by atoms with E-state index < -0.39 is 0 Å². The molecule has 1 rings (SSSR count). The summed E-state index contributed by atoms with van der Waals surface area (Å²) >= 11 is 0. The average Bonchev–Trinajstić information content (AvgIpc) is 2.18. The molecule has 0 amide bonds. The highest BCUT2D eigenvalue weighted by molar-refractivity contribution is 5.57. The molecule has 0 aromatic heterocycles. The summed E-state index contributed by atoms with van der Waals surface area (Å²) in [5.74, 6) is 0. The standard InChI is InChI=1S/C12H18N2/c1-10(9-13)8-11-4-6-12(7-5-11)14(2)3/h4-8H,9,13H2,1-3H3. The van der Waals surface area contributed by atoms with Gasteiger partial charge >= 0.3 is 0 Å². The molecule has 0 spiro atoms. The maximum absolute atomic E-state index is 5.52. The number of nitrogens with two attached hydrogens (primary N) is 1. The van der Waals surface area contributed by atoms with Gasteiger partial charge in [0.2, 0.25) is 0 Å². The zero-order valence-corrected chi connectivity index (χ0v) is 9.12. The lowest BCUT2D eigenvalue weighted by molar-refractivity contribution is 1.13. The minimum Gasteiger partial charge on any atom is -0.378 e. The van der Waals surface area contributed by atoms with Gasteiger partial charge in [-0.3, -0.25) is 0 Å². The second-order valence-electron chi connectivity index (χ2n) is 3.68. The summed E-state index contributed by atoms with van der Waals surface area (Å²) in [7, 11) is 4.08. The zero-order valence-electron chi connectivity index (χ0n) is 9.12. The second kappa shape index (κ2) is 4.82. The van der Waals surface area contributed by atoms with Gasteiger partial charge in [-0.1, -0.05) is 23.8 Å². The van der Waals surface area contributed by atoms with Gasteiger partial charge in [0.15, 0.2) is 0 Å². The number of benzene rings is 1. The minimum atomic E-state index is 0.620. The first-order valence-electron chi connectivity index (χ1n) is 4.78. The molecule has 2 nitrogen and oxygen atoms in total. The molecule has 0 unspecified atom stereocenters. The number of rotatable bonds is 3. The molecule has 0 atom stereocenters.